The molecule has 192 valence electrons. The first-order valence-corrected chi connectivity index (χ1v) is 14.3. The molecule has 7 nitrogen and oxygen atoms in total. The van der Waals surface area contributed by atoms with Gasteiger partial charge in [-0.1, -0.05) is 44.9 Å². The lowest BCUT2D eigenvalue weighted by Gasteiger charge is -2.28. The molecule has 1 saturated carbocycles. The zero-order valence-corrected chi connectivity index (χ0v) is 21.5. The van der Waals surface area contributed by atoms with Gasteiger partial charge < -0.3 is 14.2 Å². The van der Waals surface area contributed by atoms with Crippen molar-refractivity contribution < 1.29 is 22.3 Å². The Balaban J connectivity index is 1.65. The molecule has 2 fully saturated rings. The molecule has 0 radical (unpaired) electrons. The average Bonchev–Trinajstić information content (AvgIpc) is 3.57. The largest absolute Gasteiger partial charge is 0.376 e. The summed E-state index contributed by atoms with van der Waals surface area (Å²) in [5.41, 5.74) is 0.776. The van der Waals surface area contributed by atoms with Crippen LogP contribution in [0, 0.1) is 17.7 Å². The minimum atomic E-state index is -3.93. The number of rotatable bonds is 10. The molecule has 2 heterocycles. The highest BCUT2D eigenvalue weighted by molar-refractivity contribution is 7.90. The normalized spacial score (nSPS) is 19.0. The highest BCUT2D eigenvalue weighted by Gasteiger charge is 2.31. The molecular weight excluding hydrogens is 469 g/mol. The summed E-state index contributed by atoms with van der Waals surface area (Å²) in [6.45, 7) is 6.02. The van der Waals surface area contributed by atoms with Crippen LogP contribution >= 0.6 is 0 Å². The third-order valence-electron chi connectivity index (χ3n) is 6.85. The molecule has 2 aromatic rings. The van der Waals surface area contributed by atoms with E-state index in [1.165, 1.54) is 18.2 Å². The van der Waals surface area contributed by atoms with Gasteiger partial charge in [0, 0.05) is 24.6 Å². The molecule has 2 aliphatic rings. The Morgan fingerprint density at radius 3 is 2.60 bits per heavy atom. The summed E-state index contributed by atoms with van der Waals surface area (Å²) in [6, 6.07) is 5.89. The fraction of sp³-hybridized carbons (Fsp3) is 0.615. The van der Waals surface area contributed by atoms with Gasteiger partial charge in [-0.25, -0.2) is 17.8 Å². The van der Waals surface area contributed by atoms with Crippen LogP contribution in [-0.2, 0) is 38.2 Å². The zero-order valence-electron chi connectivity index (χ0n) is 20.7. The molecule has 1 aromatic carbocycles. The fourth-order valence-electron chi connectivity index (χ4n) is 5.14. The minimum Gasteiger partial charge on any atom is -0.376 e. The van der Waals surface area contributed by atoms with Crippen LogP contribution in [-0.4, -0.2) is 48.0 Å². The van der Waals surface area contributed by atoms with Crippen LogP contribution < -0.4 is 0 Å². The van der Waals surface area contributed by atoms with Gasteiger partial charge in [0.1, 0.15) is 5.82 Å². The number of carbonyl (C=O) groups is 1. The molecule has 0 unspecified atom stereocenters. The van der Waals surface area contributed by atoms with E-state index in [0.717, 1.165) is 38.5 Å². The van der Waals surface area contributed by atoms with Crippen LogP contribution in [0.2, 0.25) is 0 Å². The maximum Gasteiger partial charge on any atom is 0.228 e. The number of hydrogen-bond acceptors (Lipinski definition) is 5. The number of aromatic nitrogens is 2. The van der Waals surface area contributed by atoms with Crippen molar-refractivity contribution in [1.82, 2.24) is 14.5 Å². The number of nitrogens with zero attached hydrogens (tertiary/aromatic N) is 3. The van der Waals surface area contributed by atoms with E-state index >= 15 is 0 Å². The maximum atomic E-state index is 14.2. The molecule has 0 N–H and O–H groups in total. The lowest BCUT2D eigenvalue weighted by molar-refractivity contribution is -0.136. The summed E-state index contributed by atoms with van der Waals surface area (Å²) in [5.74, 6) is -0.583. The van der Waals surface area contributed by atoms with E-state index in [1.807, 2.05) is 4.90 Å². The van der Waals surface area contributed by atoms with Crippen LogP contribution in [0.4, 0.5) is 4.39 Å². The van der Waals surface area contributed by atoms with Gasteiger partial charge in [-0.3, -0.25) is 4.79 Å². The molecule has 0 spiro atoms. The third-order valence-corrected chi connectivity index (χ3v) is 8.42. The Hall–Kier alpha value is -2.26. The molecule has 1 aliphatic heterocycles. The maximum absolute atomic E-state index is 14.2. The number of amides is 1. The Kier molecular flexibility index (Phi) is 8.27. The summed E-state index contributed by atoms with van der Waals surface area (Å²) in [7, 11) is -3.93. The molecule has 35 heavy (non-hydrogen) atoms. The number of imidazole rings is 1. The predicted molar refractivity (Wildman–Crippen MR) is 131 cm³/mol. The standard InChI is InChI=1S/C26H36FN3O4S/c1-19(2)15-29(25(31)20-8-3-4-9-20)16-22-14-28-26(30(22)17-23-11-7-13-34-23)35(32,33)18-21-10-5-6-12-24(21)27/h5-6,10,12,14,19-20,23H,3-4,7-9,11,13,15-18H2,1-2H3/t23-/m0/s1. The Bertz CT molecular complexity index is 1120. The fourth-order valence-corrected chi connectivity index (χ4v) is 6.65. The lowest BCUT2D eigenvalue weighted by atomic mass is 10.1. The van der Waals surface area contributed by atoms with Crippen molar-refractivity contribution in [1.29, 1.82) is 0 Å². The van der Waals surface area contributed by atoms with Crippen molar-refractivity contribution in [2.24, 2.45) is 11.8 Å². The van der Waals surface area contributed by atoms with E-state index < -0.39 is 21.4 Å². The third kappa shape index (κ3) is 6.30. The number of halogens is 1. The zero-order chi connectivity index (χ0) is 25.0. The number of ether oxygens (including phenoxy) is 1. The topological polar surface area (TPSA) is 81.5 Å². The number of benzene rings is 1. The van der Waals surface area contributed by atoms with Crippen LogP contribution in [0.1, 0.15) is 63.6 Å². The quantitative estimate of drug-likeness (QED) is 0.480. The average molecular weight is 506 g/mol. The highest BCUT2D eigenvalue weighted by atomic mass is 32.2. The molecule has 1 amide bonds. The van der Waals surface area contributed by atoms with E-state index in [-0.39, 0.29) is 34.6 Å². The Morgan fingerprint density at radius 2 is 1.94 bits per heavy atom. The lowest BCUT2D eigenvalue weighted by Crippen LogP contribution is -2.38. The molecule has 1 aromatic heterocycles. The molecule has 1 atom stereocenters. The van der Waals surface area contributed by atoms with Gasteiger partial charge >= 0.3 is 0 Å². The van der Waals surface area contributed by atoms with Gasteiger partial charge in [0.05, 0.1) is 36.8 Å². The monoisotopic (exact) mass is 505 g/mol. The molecule has 9 heteroatoms. The first kappa shape index (κ1) is 25.8. The smallest absolute Gasteiger partial charge is 0.228 e. The predicted octanol–water partition coefficient (Wildman–Crippen LogP) is 4.35. The minimum absolute atomic E-state index is 0.0348. The van der Waals surface area contributed by atoms with Gasteiger partial charge in [0.25, 0.3) is 0 Å². The summed E-state index contributed by atoms with van der Waals surface area (Å²) < 4.78 is 48.5. The summed E-state index contributed by atoms with van der Waals surface area (Å²) in [5, 5.41) is -0.0935. The first-order chi connectivity index (χ1) is 16.7. The van der Waals surface area contributed by atoms with Gasteiger partial charge in [-0.05, 0) is 37.7 Å². The SMILES string of the molecule is CC(C)CN(Cc1cnc(S(=O)(=O)Cc2ccccc2F)n1C[C@@H]1CCCO1)C(=O)C1CCCC1. The Morgan fingerprint density at radius 1 is 1.20 bits per heavy atom. The number of hydrogen-bond donors (Lipinski definition) is 0. The first-order valence-electron chi connectivity index (χ1n) is 12.7. The van der Waals surface area contributed by atoms with E-state index in [0.29, 0.717) is 31.9 Å². The highest BCUT2D eigenvalue weighted by Crippen LogP contribution is 2.28. The summed E-state index contributed by atoms with van der Waals surface area (Å²) in [6.07, 6.45) is 7.15. The van der Waals surface area contributed by atoms with Crippen molar-refractivity contribution in [3.63, 3.8) is 0 Å². The van der Waals surface area contributed by atoms with Crippen molar-refractivity contribution in [2.75, 3.05) is 13.2 Å². The summed E-state index contributed by atoms with van der Waals surface area (Å²) >= 11 is 0. The van der Waals surface area contributed by atoms with Gasteiger partial charge in [-0.15, -0.1) is 0 Å². The van der Waals surface area contributed by atoms with Gasteiger partial charge in [0.15, 0.2) is 0 Å². The van der Waals surface area contributed by atoms with Crippen molar-refractivity contribution in [2.45, 2.75) is 82.5 Å². The van der Waals surface area contributed by atoms with E-state index in [9.17, 15) is 17.6 Å². The van der Waals surface area contributed by atoms with Gasteiger partial charge in [0.2, 0.25) is 20.9 Å². The van der Waals surface area contributed by atoms with Crippen molar-refractivity contribution >= 4 is 15.7 Å². The van der Waals surface area contributed by atoms with Gasteiger partial charge in [-0.2, -0.15) is 0 Å². The molecule has 0 bridgehead atoms. The van der Waals surface area contributed by atoms with E-state index in [2.05, 4.69) is 18.8 Å². The number of carbonyl (C=O) groups excluding carboxylic acids is 1. The van der Waals surface area contributed by atoms with E-state index in [4.69, 9.17) is 4.74 Å². The van der Waals surface area contributed by atoms with Crippen LogP contribution in [0.3, 0.4) is 0 Å². The molecule has 1 saturated heterocycles. The molecular formula is C26H36FN3O4S. The van der Waals surface area contributed by atoms with Crippen LogP contribution in [0.25, 0.3) is 0 Å². The van der Waals surface area contributed by atoms with Crippen molar-refractivity contribution in [3.8, 4) is 0 Å². The second-order valence-electron chi connectivity index (χ2n) is 10.2. The van der Waals surface area contributed by atoms with Crippen molar-refractivity contribution in [3.05, 3.63) is 47.5 Å². The Labute approximate surface area is 207 Å². The van der Waals surface area contributed by atoms with Crippen LogP contribution in [0.5, 0.6) is 0 Å². The second-order valence-corrected chi connectivity index (χ2v) is 12.1. The number of sulfone groups is 1. The summed E-state index contributed by atoms with van der Waals surface area (Å²) in [4.78, 5) is 19.5. The second kappa shape index (κ2) is 11.2. The molecule has 4 rings (SSSR count). The molecule has 1 aliphatic carbocycles. The van der Waals surface area contributed by atoms with E-state index in [1.54, 1.807) is 16.8 Å². The van der Waals surface area contributed by atoms with Crippen LogP contribution in [0.15, 0.2) is 35.6 Å².